The number of nitrogens with one attached hydrogen (secondary N) is 2. The topological polar surface area (TPSA) is 108 Å². The number of alkyl carbamates (subject to hydrolysis) is 1. The van der Waals surface area contributed by atoms with Crippen LogP contribution in [0.5, 0.6) is 0 Å². The van der Waals surface area contributed by atoms with Crippen molar-refractivity contribution in [3.8, 4) is 0 Å². The first-order chi connectivity index (χ1) is 10.8. The van der Waals surface area contributed by atoms with Crippen LogP contribution in [0.25, 0.3) is 10.4 Å². The van der Waals surface area contributed by atoms with Crippen molar-refractivity contribution in [1.82, 2.24) is 10.8 Å². The van der Waals surface area contributed by atoms with E-state index in [0.29, 0.717) is 39.1 Å². The summed E-state index contributed by atoms with van der Waals surface area (Å²) >= 11 is 0. The van der Waals surface area contributed by atoms with Crippen LogP contribution in [0.1, 0.15) is 18.4 Å². The zero-order valence-corrected chi connectivity index (χ0v) is 12.4. The van der Waals surface area contributed by atoms with E-state index in [9.17, 15) is 4.79 Å². The fourth-order valence-corrected chi connectivity index (χ4v) is 1.52. The maximum atomic E-state index is 11.4. The van der Waals surface area contributed by atoms with Gasteiger partial charge in [0.25, 0.3) is 0 Å². The third kappa shape index (κ3) is 9.60. The molecule has 0 aliphatic carbocycles. The van der Waals surface area contributed by atoms with Crippen molar-refractivity contribution in [3.05, 3.63) is 46.3 Å². The molecule has 0 bridgehead atoms. The maximum Gasteiger partial charge on any atom is 0.407 e. The standard InChI is InChI=1S/C14H21N5O3/c15-19-17-9-4-10-18-22-11-5-8-16-14(20)21-12-13-6-2-1-3-7-13/h1-3,6-7,18H,4-5,8-12H2,(H,16,20). The lowest BCUT2D eigenvalue weighted by Crippen LogP contribution is -2.27. The number of amides is 1. The molecular weight excluding hydrogens is 286 g/mol. The molecule has 1 aromatic rings. The van der Waals surface area contributed by atoms with E-state index in [-0.39, 0.29) is 6.61 Å². The molecule has 0 spiro atoms. The highest BCUT2D eigenvalue weighted by Crippen LogP contribution is 2.00. The van der Waals surface area contributed by atoms with E-state index in [1.807, 2.05) is 30.3 Å². The summed E-state index contributed by atoms with van der Waals surface area (Å²) in [5.74, 6) is 0. The summed E-state index contributed by atoms with van der Waals surface area (Å²) in [4.78, 5) is 19.2. The number of azide groups is 1. The summed E-state index contributed by atoms with van der Waals surface area (Å²) in [6.45, 7) is 2.28. The smallest absolute Gasteiger partial charge is 0.407 e. The van der Waals surface area contributed by atoms with Crippen molar-refractivity contribution in [2.75, 3.05) is 26.2 Å². The summed E-state index contributed by atoms with van der Waals surface area (Å²) in [7, 11) is 0. The average Bonchev–Trinajstić information content (AvgIpc) is 2.55. The van der Waals surface area contributed by atoms with Crippen LogP contribution < -0.4 is 10.8 Å². The highest BCUT2D eigenvalue weighted by Gasteiger charge is 2.01. The van der Waals surface area contributed by atoms with Gasteiger partial charge in [0.2, 0.25) is 0 Å². The van der Waals surface area contributed by atoms with Gasteiger partial charge in [0, 0.05) is 24.5 Å². The molecule has 0 saturated heterocycles. The number of ether oxygens (including phenoxy) is 1. The number of rotatable bonds is 11. The summed E-state index contributed by atoms with van der Waals surface area (Å²) in [5, 5.41) is 6.05. The second kappa shape index (κ2) is 12.5. The quantitative estimate of drug-likeness (QED) is 0.215. The first-order valence-electron chi connectivity index (χ1n) is 7.13. The Kier molecular flexibility index (Phi) is 10.1. The molecule has 22 heavy (non-hydrogen) atoms. The van der Waals surface area contributed by atoms with E-state index >= 15 is 0 Å². The number of hydroxylamine groups is 1. The third-order valence-corrected chi connectivity index (χ3v) is 2.61. The SMILES string of the molecule is [N-]=[N+]=NCCCNOCCCNC(=O)OCc1ccccc1. The van der Waals surface area contributed by atoms with Crippen LogP contribution in [0.4, 0.5) is 4.79 Å². The van der Waals surface area contributed by atoms with Crippen LogP contribution in [-0.2, 0) is 16.2 Å². The molecule has 1 aromatic carbocycles. The van der Waals surface area contributed by atoms with E-state index in [4.69, 9.17) is 15.1 Å². The summed E-state index contributed by atoms with van der Waals surface area (Å²) in [6, 6.07) is 9.50. The average molecular weight is 307 g/mol. The molecule has 8 nitrogen and oxygen atoms in total. The van der Waals surface area contributed by atoms with Gasteiger partial charge in [-0.25, -0.2) is 10.3 Å². The maximum absolute atomic E-state index is 11.4. The number of nitrogens with zero attached hydrogens (tertiary/aromatic N) is 3. The van der Waals surface area contributed by atoms with Gasteiger partial charge in [0.1, 0.15) is 6.61 Å². The molecule has 0 aliphatic rings. The lowest BCUT2D eigenvalue weighted by Gasteiger charge is -2.07. The number of hydrogen-bond donors (Lipinski definition) is 2. The molecule has 1 amide bonds. The molecule has 0 unspecified atom stereocenters. The Bertz CT molecular complexity index is 463. The van der Waals surface area contributed by atoms with Crippen molar-refractivity contribution < 1.29 is 14.4 Å². The number of carbonyl (C=O) groups is 1. The van der Waals surface area contributed by atoms with Crippen molar-refractivity contribution in [2.24, 2.45) is 5.11 Å². The molecule has 0 aromatic heterocycles. The molecule has 0 saturated carbocycles. The summed E-state index contributed by atoms with van der Waals surface area (Å²) < 4.78 is 5.06. The van der Waals surface area contributed by atoms with Gasteiger partial charge >= 0.3 is 6.09 Å². The fourth-order valence-electron chi connectivity index (χ4n) is 1.52. The largest absolute Gasteiger partial charge is 0.445 e. The Labute approximate surface area is 129 Å². The van der Waals surface area contributed by atoms with E-state index in [2.05, 4.69) is 20.8 Å². The molecule has 0 aliphatic heterocycles. The fraction of sp³-hybridized carbons (Fsp3) is 0.500. The van der Waals surface area contributed by atoms with Gasteiger partial charge in [-0.3, -0.25) is 0 Å². The number of benzene rings is 1. The lowest BCUT2D eigenvalue weighted by molar-refractivity contribution is 0.0394. The van der Waals surface area contributed by atoms with Gasteiger partial charge in [-0.1, -0.05) is 35.4 Å². The predicted molar refractivity (Wildman–Crippen MR) is 81.8 cm³/mol. The molecule has 0 radical (unpaired) electrons. The number of carbonyl (C=O) groups excluding carboxylic acids is 1. The lowest BCUT2D eigenvalue weighted by atomic mass is 10.2. The molecule has 0 atom stereocenters. The minimum Gasteiger partial charge on any atom is -0.445 e. The molecule has 0 fully saturated rings. The van der Waals surface area contributed by atoms with Gasteiger partial charge in [-0.05, 0) is 23.9 Å². The van der Waals surface area contributed by atoms with E-state index < -0.39 is 6.09 Å². The van der Waals surface area contributed by atoms with E-state index in [0.717, 1.165) is 5.56 Å². The Hall–Kier alpha value is -2.28. The van der Waals surface area contributed by atoms with Crippen LogP contribution in [0.3, 0.4) is 0 Å². The van der Waals surface area contributed by atoms with Crippen LogP contribution in [-0.4, -0.2) is 32.3 Å². The van der Waals surface area contributed by atoms with Gasteiger partial charge in [0.15, 0.2) is 0 Å². The first kappa shape index (κ1) is 17.8. The molecule has 8 heteroatoms. The molecule has 0 heterocycles. The highest BCUT2D eigenvalue weighted by molar-refractivity contribution is 5.67. The minimum atomic E-state index is -0.439. The van der Waals surface area contributed by atoms with Gasteiger partial charge in [0.05, 0.1) is 6.61 Å². The second-order valence-corrected chi connectivity index (χ2v) is 4.39. The molecule has 120 valence electrons. The Morgan fingerprint density at radius 1 is 1.23 bits per heavy atom. The third-order valence-electron chi connectivity index (χ3n) is 2.61. The first-order valence-corrected chi connectivity index (χ1v) is 7.13. The van der Waals surface area contributed by atoms with Gasteiger partial charge < -0.3 is 14.9 Å². The molecule has 2 N–H and O–H groups in total. The van der Waals surface area contributed by atoms with E-state index in [1.54, 1.807) is 0 Å². The zero-order chi connectivity index (χ0) is 15.9. The van der Waals surface area contributed by atoms with Crippen molar-refractivity contribution in [2.45, 2.75) is 19.4 Å². The van der Waals surface area contributed by atoms with Gasteiger partial charge in [-0.15, -0.1) is 0 Å². The van der Waals surface area contributed by atoms with Crippen LogP contribution in [0.15, 0.2) is 35.4 Å². The van der Waals surface area contributed by atoms with Crippen LogP contribution >= 0.6 is 0 Å². The van der Waals surface area contributed by atoms with Crippen molar-refractivity contribution >= 4 is 6.09 Å². The van der Waals surface area contributed by atoms with E-state index in [1.165, 1.54) is 0 Å². The minimum absolute atomic E-state index is 0.260. The predicted octanol–water partition coefficient (Wildman–Crippen LogP) is 2.52. The highest BCUT2D eigenvalue weighted by atomic mass is 16.6. The molecular formula is C14H21N5O3. The van der Waals surface area contributed by atoms with Gasteiger partial charge in [-0.2, -0.15) is 0 Å². The number of hydrogen-bond acceptors (Lipinski definition) is 5. The van der Waals surface area contributed by atoms with Crippen molar-refractivity contribution in [1.29, 1.82) is 0 Å². The zero-order valence-electron chi connectivity index (χ0n) is 12.4. The Morgan fingerprint density at radius 2 is 2.05 bits per heavy atom. The summed E-state index contributed by atoms with van der Waals surface area (Å²) in [5.41, 5.74) is 11.8. The van der Waals surface area contributed by atoms with Crippen LogP contribution in [0.2, 0.25) is 0 Å². The normalized spacial score (nSPS) is 9.82. The Balaban J connectivity index is 1.89. The van der Waals surface area contributed by atoms with Crippen molar-refractivity contribution in [3.63, 3.8) is 0 Å². The monoisotopic (exact) mass is 307 g/mol. The Morgan fingerprint density at radius 3 is 2.82 bits per heavy atom. The second-order valence-electron chi connectivity index (χ2n) is 4.39. The molecule has 1 rings (SSSR count). The van der Waals surface area contributed by atoms with Crippen LogP contribution in [0, 0.1) is 0 Å². The summed E-state index contributed by atoms with van der Waals surface area (Å²) in [6.07, 6.45) is 0.948.